The molecule has 0 radical (unpaired) electrons. The van der Waals surface area contributed by atoms with Gasteiger partial charge in [-0.2, -0.15) is 13.2 Å². The standard InChI is InChI=1S/C12H10F3N3O3S2.C10H11N3O2S2/c1-7-6-8(23(20,21)18-11-16-4-5-22-11)2-3-9(7)17-10(19)12(13,14)15;1-7-6-8(2-3-9(7)11)17(14,15)13-10-12-4-5-16-10/h2-6H,1H3,(H,16,18)(H,17,19);2-6H,11H2,1H3,(H,12,13). The monoisotopic (exact) mass is 634 g/mol. The zero-order chi connectivity index (χ0) is 29.7. The van der Waals surface area contributed by atoms with Gasteiger partial charge < -0.3 is 11.1 Å². The minimum Gasteiger partial charge on any atom is -0.399 e. The molecule has 2 aromatic heterocycles. The third kappa shape index (κ3) is 8.13. The molecule has 0 atom stereocenters. The highest BCUT2D eigenvalue weighted by Crippen LogP contribution is 2.25. The second-order valence-electron chi connectivity index (χ2n) is 7.83. The van der Waals surface area contributed by atoms with Crippen LogP contribution in [0, 0.1) is 13.8 Å². The van der Waals surface area contributed by atoms with Crippen LogP contribution in [0.1, 0.15) is 11.1 Å². The van der Waals surface area contributed by atoms with Gasteiger partial charge in [0.15, 0.2) is 10.3 Å². The molecule has 0 aliphatic carbocycles. The van der Waals surface area contributed by atoms with E-state index in [4.69, 9.17) is 5.73 Å². The fourth-order valence-electron chi connectivity index (χ4n) is 2.85. The number of aryl methyl sites for hydroxylation is 2. The van der Waals surface area contributed by atoms with Gasteiger partial charge in [0, 0.05) is 34.5 Å². The first-order chi connectivity index (χ1) is 18.6. The lowest BCUT2D eigenvalue weighted by atomic mass is 10.2. The van der Waals surface area contributed by atoms with Crippen LogP contribution >= 0.6 is 22.7 Å². The average molecular weight is 635 g/mol. The molecule has 0 fully saturated rings. The smallest absolute Gasteiger partial charge is 0.399 e. The van der Waals surface area contributed by atoms with Gasteiger partial charge in [0.25, 0.3) is 20.0 Å². The van der Waals surface area contributed by atoms with E-state index in [1.165, 1.54) is 42.8 Å². The van der Waals surface area contributed by atoms with E-state index in [2.05, 4.69) is 19.4 Å². The van der Waals surface area contributed by atoms with Crippen LogP contribution < -0.4 is 20.5 Å². The number of anilines is 4. The number of benzene rings is 2. The highest BCUT2D eigenvalue weighted by Gasteiger charge is 2.38. The molecule has 0 aliphatic rings. The maximum absolute atomic E-state index is 12.2. The molecule has 0 spiro atoms. The summed E-state index contributed by atoms with van der Waals surface area (Å²) < 4.78 is 89.5. The fourth-order valence-corrected chi connectivity index (χ4v) is 6.59. The number of nitrogens with two attached hydrogens (primary N) is 1. The Balaban J connectivity index is 0.000000230. The Morgan fingerprint density at radius 3 is 1.70 bits per heavy atom. The lowest BCUT2D eigenvalue weighted by Gasteiger charge is -2.12. The van der Waals surface area contributed by atoms with Gasteiger partial charge in [0.2, 0.25) is 0 Å². The predicted octanol–water partition coefficient (Wildman–Crippen LogP) is 4.59. The number of carbonyl (C=O) groups is 1. The molecule has 0 saturated carbocycles. The molecule has 1 amide bonds. The summed E-state index contributed by atoms with van der Waals surface area (Å²) in [6.07, 6.45) is -2.07. The molecule has 2 aromatic carbocycles. The molecule has 2 heterocycles. The van der Waals surface area contributed by atoms with Crippen molar-refractivity contribution >= 4 is 70.3 Å². The highest BCUT2D eigenvalue weighted by molar-refractivity contribution is 7.93. The minimum atomic E-state index is -5.02. The van der Waals surface area contributed by atoms with Crippen molar-refractivity contribution in [2.75, 3.05) is 20.5 Å². The largest absolute Gasteiger partial charge is 0.471 e. The van der Waals surface area contributed by atoms with Crippen molar-refractivity contribution in [3.05, 3.63) is 70.7 Å². The van der Waals surface area contributed by atoms with Crippen molar-refractivity contribution in [3.63, 3.8) is 0 Å². The van der Waals surface area contributed by atoms with Crippen molar-refractivity contribution in [2.45, 2.75) is 29.8 Å². The predicted molar refractivity (Wildman–Crippen MR) is 147 cm³/mol. The van der Waals surface area contributed by atoms with E-state index in [-0.39, 0.29) is 26.2 Å². The molecule has 11 nitrogen and oxygen atoms in total. The number of amides is 1. The Labute approximate surface area is 235 Å². The summed E-state index contributed by atoms with van der Waals surface area (Å²) in [6, 6.07) is 7.92. The third-order valence-electron chi connectivity index (χ3n) is 4.87. The molecule has 0 unspecified atom stereocenters. The first-order valence-corrected chi connectivity index (χ1v) is 15.5. The molecule has 4 aromatic rings. The van der Waals surface area contributed by atoms with Crippen LogP contribution in [0.15, 0.2) is 69.3 Å². The second-order valence-corrected chi connectivity index (χ2v) is 13.0. The maximum Gasteiger partial charge on any atom is 0.471 e. The Kier molecular flexibility index (Phi) is 9.39. The Hall–Kier alpha value is -3.74. The third-order valence-corrected chi connectivity index (χ3v) is 9.18. The van der Waals surface area contributed by atoms with E-state index >= 15 is 0 Å². The number of thiazole rings is 2. The molecule has 0 aliphatic heterocycles. The SMILES string of the molecule is Cc1cc(S(=O)(=O)Nc2nccs2)ccc1N.Cc1cc(S(=O)(=O)Nc2nccs2)ccc1NC(=O)C(F)(F)F. The number of carbonyl (C=O) groups excluding carboxylic acids is 1. The van der Waals surface area contributed by atoms with Crippen molar-refractivity contribution in [3.8, 4) is 0 Å². The Morgan fingerprint density at radius 2 is 1.30 bits per heavy atom. The summed E-state index contributed by atoms with van der Waals surface area (Å²) in [5, 5.41) is 5.48. The summed E-state index contributed by atoms with van der Waals surface area (Å²) in [5.74, 6) is -2.13. The maximum atomic E-state index is 12.2. The number of hydrogen-bond donors (Lipinski definition) is 4. The summed E-state index contributed by atoms with van der Waals surface area (Å²) in [7, 11) is -7.50. The number of rotatable bonds is 7. The molecule has 18 heteroatoms. The lowest BCUT2D eigenvalue weighted by molar-refractivity contribution is -0.167. The van der Waals surface area contributed by atoms with Crippen LogP contribution in [-0.4, -0.2) is 38.9 Å². The Morgan fingerprint density at radius 1 is 0.825 bits per heavy atom. The quantitative estimate of drug-likeness (QED) is 0.214. The number of aromatic nitrogens is 2. The van der Waals surface area contributed by atoms with Gasteiger partial charge in [0.1, 0.15) is 0 Å². The van der Waals surface area contributed by atoms with Crippen LogP contribution in [0.3, 0.4) is 0 Å². The van der Waals surface area contributed by atoms with Crippen LogP contribution in [-0.2, 0) is 24.8 Å². The van der Waals surface area contributed by atoms with Gasteiger partial charge >= 0.3 is 12.1 Å². The number of nitrogens with one attached hydrogen (secondary N) is 3. The van der Waals surface area contributed by atoms with Gasteiger partial charge in [0.05, 0.1) is 9.79 Å². The normalized spacial score (nSPS) is 11.7. The molecule has 0 saturated heterocycles. The van der Waals surface area contributed by atoms with Crippen molar-refractivity contribution in [1.82, 2.24) is 9.97 Å². The van der Waals surface area contributed by atoms with Gasteiger partial charge in [-0.15, -0.1) is 22.7 Å². The van der Waals surface area contributed by atoms with E-state index in [1.807, 2.05) is 0 Å². The lowest BCUT2D eigenvalue weighted by Crippen LogP contribution is -2.30. The molecule has 40 heavy (non-hydrogen) atoms. The number of alkyl halides is 3. The first-order valence-electron chi connectivity index (χ1n) is 10.8. The molecule has 5 N–H and O–H groups in total. The van der Waals surface area contributed by atoms with E-state index in [0.29, 0.717) is 10.8 Å². The van der Waals surface area contributed by atoms with Crippen LogP contribution in [0.2, 0.25) is 0 Å². The first kappa shape index (κ1) is 30.8. The van der Waals surface area contributed by atoms with E-state index in [1.54, 1.807) is 29.1 Å². The number of hydrogen-bond acceptors (Lipinski definition) is 10. The number of halogens is 3. The van der Waals surface area contributed by atoms with Crippen molar-refractivity contribution < 1.29 is 34.8 Å². The zero-order valence-corrected chi connectivity index (χ0v) is 23.8. The number of nitrogens with zero attached hydrogens (tertiary/aromatic N) is 2. The molecule has 0 bridgehead atoms. The molecular weight excluding hydrogens is 614 g/mol. The van der Waals surface area contributed by atoms with Crippen molar-refractivity contribution in [1.29, 1.82) is 0 Å². The zero-order valence-electron chi connectivity index (χ0n) is 20.6. The van der Waals surface area contributed by atoms with Crippen LogP contribution in [0.5, 0.6) is 0 Å². The molecule has 214 valence electrons. The summed E-state index contributed by atoms with van der Waals surface area (Å²) in [5.41, 5.74) is 6.99. The van der Waals surface area contributed by atoms with E-state index in [9.17, 15) is 34.8 Å². The second kappa shape index (κ2) is 12.2. The minimum absolute atomic E-state index is 0.125. The van der Waals surface area contributed by atoms with Gasteiger partial charge in [-0.3, -0.25) is 14.2 Å². The van der Waals surface area contributed by atoms with Gasteiger partial charge in [-0.1, -0.05) is 0 Å². The van der Waals surface area contributed by atoms with E-state index in [0.717, 1.165) is 35.1 Å². The van der Waals surface area contributed by atoms with Gasteiger partial charge in [-0.05, 0) is 61.4 Å². The number of nitrogen functional groups attached to an aromatic ring is 1. The Bertz CT molecular complexity index is 1690. The summed E-state index contributed by atoms with van der Waals surface area (Å²) in [6.45, 7) is 3.14. The van der Waals surface area contributed by atoms with Crippen LogP contribution in [0.25, 0.3) is 0 Å². The molecular formula is C22H21F3N6O5S4. The number of sulfonamides is 2. The molecule has 4 rings (SSSR count). The highest BCUT2D eigenvalue weighted by atomic mass is 32.2. The van der Waals surface area contributed by atoms with Gasteiger partial charge in [-0.25, -0.2) is 26.8 Å². The van der Waals surface area contributed by atoms with E-state index < -0.39 is 32.1 Å². The fraction of sp³-hybridized carbons (Fsp3) is 0.136. The average Bonchev–Trinajstić information content (AvgIpc) is 3.55. The summed E-state index contributed by atoms with van der Waals surface area (Å²) >= 11 is 2.31. The van der Waals surface area contributed by atoms with Crippen molar-refractivity contribution in [2.24, 2.45) is 0 Å². The topological polar surface area (TPSA) is 173 Å². The van der Waals surface area contributed by atoms with Crippen LogP contribution in [0.4, 0.5) is 34.8 Å². The summed E-state index contributed by atoms with van der Waals surface area (Å²) in [4.78, 5) is 18.6.